The summed E-state index contributed by atoms with van der Waals surface area (Å²) in [6.07, 6.45) is 1.68. The molecule has 156 valence electrons. The van der Waals surface area contributed by atoms with Crippen molar-refractivity contribution in [2.75, 3.05) is 25.1 Å². The molecular formula is C24H22N4O3. The van der Waals surface area contributed by atoms with E-state index in [0.29, 0.717) is 24.5 Å². The lowest BCUT2D eigenvalue weighted by Gasteiger charge is -2.33. The van der Waals surface area contributed by atoms with E-state index in [0.717, 1.165) is 40.7 Å². The number of hydrogen-bond acceptors (Lipinski definition) is 6. The Hall–Kier alpha value is -3.79. The van der Waals surface area contributed by atoms with Crippen molar-refractivity contribution >= 4 is 27.7 Å². The molecule has 2 aromatic carbocycles. The Kier molecular flexibility index (Phi) is 4.63. The molecule has 3 heterocycles. The van der Waals surface area contributed by atoms with E-state index in [1.165, 1.54) is 4.57 Å². The SMILES string of the molecule is COc1ccc2c(N3CCC(c4nc5ccccc5o4)CC3)c(C#N)c(=O)n(C)c2c1. The molecule has 0 amide bonds. The number of hydrogen-bond donors (Lipinski definition) is 0. The number of aryl methyl sites for hydroxylation is 1. The Morgan fingerprint density at radius 1 is 1.19 bits per heavy atom. The first-order valence-electron chi connectivity index (χ1n) is 10.3. The van der Waals surface area contributed by atoms with E-state index >= 15 is 0 Å². The fourth-order valence-corrected chi connectivity index (χ4v) is 4.47. The molecule has 0 aliphatic carbocycles. The largest absolute Gasteiger partial charge is 0.497 e. The van der Waals surface area contributed by atoms with E-state index in [9.17, 15) is 10.1 Å². The van der Waals surface area contributed by atoms with Crippen LogP contribution in [0, 0.1) is 11.3 Å². The predicted octanol–water partition coefficient (Wildman–Crippen LogP) is 3.94. The smallest absolute Gasteiger partial charge is 0.270 e. The van der Waals surface area contributed by atoms with Crippen LogP contribution in [0.3, 0.4) is 0 Å². The number of nitriles is 1. The van der Waals surface area contributed by atoms with Gasteiger partial charge in [0.25, 0.3) is 5.56 Å². The molecule has 2 aromatic heterocycles. The molecule has 0 spiro atoms. The van der Waals surface area contributed by atoms with Crippen molar-refractivity contribution in [3.8, 4) is 11.8 Å². The van der Waals surface area contributed by atoms with Crippen molar-refractivity contribution in [3.05, 3.63) is 64.3 Å². The molecule has 4 aromatic rings. The second-order valence-corrected chi connectivity index (χ2v) is 7.86. The average Bonchev–Trinajstić information content (AvgIpc) is 3.25. The van der Waals surface area contributed by atoms with Gasteiger partial charge in [-0.05, 0) is 37.1 Å². The third-order valence-corrected chi connectivity index (χ3v) is 6.16. The molecule has 1 saturated heterocycles. The molecule has 31 heavy (non-hydrogen) atoms. The second kappa shape index (κ2) is 7.47. The van der Waals surface area contributed by atoms with Gasteiger partial charge < -0.3 is 18.6 Å². The summed E-state index contributed by atoms with van der Waals surface area (Å²) >= 11 is 0. The lowest BCUT2D eigenvalue weighted by atomic mass is 9.95. The van der Waals surface area contributed by atoms with Gasteiger partial charge in [0.15, 0.2) is 11.5 Å². The molecule has 7 heteroatoms. The number of oxazole rings is 1. The number of ether oxygens (including phenoxy) is 1. The number of piperidine rings is 1. The first-order valence-corrected chi connectivity index (χ1v) is 10.3. The van der Waals surface area contributed by atoms with Gasteiger partial charge >= 0.3 is 0 Å². The summed E-state index contributed by atoms with van der Waals surface area (Å²) in [7, 11) is 3.29. The number of rotatable bonds is 3. The van der Waals surface area contributed by atoms with E-state index in [1.807, 2.05) is 42.5 Å². The molecule has 0 saturated carbocycles. The molecule has 1 aliphatic heterocycles. The lowest BCUT2D eigenvalue weighted by molar-refractivity contribution is 0.407. The maximum Gasteiger partial charge on any atom is 0.270 e. The predicted molar refractivity (Wildman–Crippen MR) is 119 cm³/mol. The zero-order valence-corrected chi connectivity index (χ0v) is 17.5. The molecule has 5 rings (SSSR count). The number of benzene rings is 2. The minimum atomic E-state index is -0.292. The van der Waals surface area contributed by atoms with E-state index < -0.39 is 0 Å². The van der Waals surface area contributed by atoms with Crippen LogP contribution in [0.1, 0.15) is 30.2 Å². The number of methoxy groups -OCH3 is 1. The molecule has 1 fully saturated rings. The Labute approximate surface area is 179 Å². The number of aromatic nitrogens is 2. The highest BCUT2D eigenvalue weighted by Crippen LogP contribution is 2.36. The Morgan fingerprint density at radius 2 is 1.97 bits per heavy atom. The third-order valence-electron chi connectivity index (χ3n) is 6.16. The summed E-state index contributed by atoms with van der Waals surface area (Å²) in [5, 5.41) is 10.7. The van der Waals surface area contributed by atoms with Gasteiger partial charge in [0.05, 0.1) is 18.3 Å². The van der Waals surface area contributed by atoms with Crippen LogP contribution >= 0.6 is 0 Å². The number of nitrogens with zero attached hydrogens (tertiary/aromatic N) is 4. The number of para-hydroxylation sites is 2. The second-order valence-electron chi connectivity index (χ2n) is 7.86. The summed E-state index contributed by atoms with van der Waals surface area (Å²) in [6.45, 7) is 1.43. The van der Waals surface area contributed by atoms with Crippen molar-refractivity contribution in [1.29, 1.82) is 5.26 Å². The van der Waals surface area contributed by atoms with Crippen LogP contribution in [0.4, 0.5) is 5.69 Å². The number of anilines is 1. The molecule has 0 radical (unpaired) electrons. The molecule has 0 N–H and O–H groups in total. The van der Waals surface area contributed by atoms with Gasteiger partial charge in [-0.2, -0.15) is 5.26 Å². The van der Waals surface area contributed by atoms with Gasteiger partial charge in [-0.3, -0.25) is 4.79 Å². The zero-order chi connectivity index (χ0) is 21.5. The van der Waals surface area contributed by atoms with Crippen LogP contribution in [0.25, 0.3) is 22.0 Å². The van der Waals surface area contributed by atoms with Gasteiger partial charge in [-0.1, -0.05) is 12.1 Å². The summed E-state index contributed by atoms with van der Waals surface area (Å²) in [6, 6.07) is 15.6. The highest BCUT2D eigenvalue weighted by Gasteiger charge is 2.28. The van der Waals surface area contributed by atoms with Crippen LogP contribution in [0.5, 0.6) is 5.75 Å². The van der Waals surface area contributed by atoms with E-state index in [4.69, 9.17) is 9.15 Å². The standard InChI is InChI=1S/C24H22N4O3/c1-27-20-13-16(30-2)7-8-17(20)22(18(14-25)24(27)29)28-11-9-15(10-12-28)23-26-19-5-3-4-6-21(19)31-23/h3-8,13,15H,9-12H2,1-2H3. The lowest BCUT2D eigenvalue weighted by Crippen LogP contribution is -2.35. The third kappa shape index (κ3) is 3.12. The van der Waals surface area contributed by atoms with Crippen LogP contribution < -0.4 is 15.2 Å². The van der Waals surface area contributed by atoms with Crippen LogP contribution in [0.2, 0.25) is 0 Å². The topological polar surface area (TPSA) is 84.3 Å². The maximum absolute atomic E-state index is 12.9. The number of fused-ring (bicyclic) bond motifs is 2. The van der Waals surface area contributed by atoms with Crippen molar-refractivity contribution in [2.24, 2.45) is 7.05 Å². The van der Waals surface area contributed by atoms with Gasteiger partial charge in [0.2, 0.25) is 0 Å². The summed E-state index contributed by atoms with van der Waals surface area (Å²) in [5.74, 6) is 1.65. The molecule has 1 aliphatic rings. The minimum Gasteiger partial charge on any atom is -0.497 e. The fourth-order valence-electron chi connectivity index (χ4n) is 4.47. The molecule has 0 atom stereocenters. The quantitative estimate of drug-likeness (QED) is 0.505. The first kappa shape index (κ1) is 19.2. The average molecular weight is 414 g/mol. The maximum atomic E-state index is 12.9. The normalized spacial score (nSPS) is 14.8. The molecule has 7 nitrogen and oxygen atoms in total. The molecule has 0 bridgehead atoms. The Bertz CT molecular complexity index is 1350. The van der Waals surface area contributed by atoms with Gasteiger partial charge in [0, 0.05) is 37.5 Å². The Balaban J connectivity index is 1.51. The van der Waals surface area contributed by atoms with Crippen LogP contribution in [-0.4, -0.2) is 29.8 Å². The summed E-state index contributed by atoms with van der Waals surface area (Å²) in [5.41, 5.74) is 3.02. The highest BCUT2D eigenvalue weighted by atomic mass is 16.5. The molecule has 0 unspecified atom stereocenters. The van der Waals surface area contributed by atoms with Gasteiger partial charge in [-0.15, -0.1) is 0 Å². The number of pyridine rings is 1. The van der Waals surface area contributed by atoms with Crippen molar-refractivity contribution in [3.63, 3.8) is 0 Å². The van der Waals surface area contributed by atoms with Crippen LogP contribution in [0.15, 0.2) is 51.7 Å². The fraction of sp³-hybridized carbons (Fsp3) is 0.292. The monoisotopic (exact) mass is 414 g/mol. The van der Waals surface area contributed by atoms with E-state index in [-0.39, 0.29) is 17.0 Å². The van der Waals surface area contributed by atoms with Crippen molar-refractivity contribution in [1.82, 2.24) is 9.55 Å². The van der Waals surface area contributed by atoms with Gasteiger partial charge in [-0.25, -0.2) is 4.98 Å². The summed E-state index contributed by atoms with van der Waals surface area (Å²) in [4.78, 5) is 19.7. The van der Waals surface area contributed by atoms with Gasteiger partial charge in [0.1, 0.15) is 22.9 Å². The summed E-state index contributed by atoms with van der Waals surface area (Å²) < 4.78 is 12.8. The van der Waals surface area contributed by atoms with Crippen molar-refractivity contribution in [2.45, 2.75) is 18.8 Å². The minimum absolute atomic E-state index is 0.181. The van der Waals surface area contributed by atoms with E-state index in [2.05, 4.69) is 16.0 Å². The highest BCUT2D eigenvalue weighted by molar-refractivity contribution is 5.95. The zero-order valence-electron chi connectivity index (χ0n) is 17.5. The Morgan fingerprint density at radius 3 is 2.68 bits per heavy atom. The van der Waals surface area contributed by atoms with Crippen molar-refractivity contribution < 1.29 is 9.15 Å². The van der Waals surface area contributed by atoms with E-state index in [1.54, 1.807) is 14.2 Å². The molecular weight excluding hydrogens is 392 g/mol. The van der Waals surface area contributed by atoms with Crippen LogP contribution in [-0.2, 0) is 7.05 Å². The first-order chi connectivity index (χ1) is 15.1.